The van der Waals surface area contributed by atoms with E-state index >= 15 is 0 Å². The number of aliphatic imine (C=N–C) groups is 1. The zero-order valence-corrected chi connectivity index (χ0v) is 17.9. The van der Waals surface area contributed by atoms with Crippen LogP contribution in [0.3, 0.4) is 0 Å². The van der Waals surface area contributed by atoms with Crippen LogP contribution in [0.25, 0.3) is 0 Å². The molecule has 2 N–H and O–H groups in total. The molecule has 27 heavy (non-hydrogen) atoms. The van der Waals surface area contributed by atoms with Gasteiger partial charge in [0.2, 0.25) is 12.7 Å². The molecule has 146 valence electrons. The molecule has 0 saturated heterocycles. The minimum atomic E-state index is 0. The highest BCUT2D eigenvalue weighted by atomic mass is 127. The molecule has 7 nitrogen and oxygen atoms in total. The number of hydrogen-bond acceptors (Lipinski definition) is 5. The number of fused-ring (bicyclic) bond motifs is 1. The van der Waals surface area contributed by atoms with Crippen LogP contribution in [0.4, 0.5) is 0 Å². The zero-order valence-electron chi connectivity index (χ0n) is 15.5. The van der Waals surface area contributed by atoms with Gasteiger partial charge in [-0.15, -0.1) is 24.0 Å². The lowest BCUT2D eigenvalue weighted by Gasteiger charge is -2.13. The standard InChI is InChI=1S/C19H24N4O3.HI/c1-3-20-19(23-12-15-6-5-9-21-18(15)24-4-2)22-11-14-7-8-16-17(10-14)26-13-25-16;/h5-10H,3-4,11-13H2,1-2H3,(H2,20,22,23);1H. The summed E-state index contributed by atoms with van der Waals surface area (Å²) in [4.78, 5) is 8.91. The Labute approximate surface area is 176 Å². The van der Waals surface area contributed by atoms with E-state index in [1.54, 1.807) is 6.20 Å². The molecule has 0 saturated carbocycles. The van der Waals surface area contributed by atoms with Crippen molar-refractivity contribution < 1.29 is 14.2 Å². The molecule has 2 heterocycles. The first-order valence-electron chi connectivity index (χ1n) is 8.77. The number of pyridine rings is 1. The molecular formula is C19H25IN4O3. The van der Waals surface area contributed by atoms with Crippen LogP contribution in [0.2, 0.25) is 0 Å². The van der Waals surface area contributed by atoms with Crippen LogP contribution in [0.1, 0.15) is 25.0 Å². The second-order valence-electron chi connectivity index (χ2n) is 5.64. The van der Waals surface area contributed by atoms with Crippen molar-refractivity contribution in [3.63, 3.8) is 0 Å². The van der Waals surface area contributed by atoms with E-state index in [1.165, 1.54) is 0 Å². The Balaban J connectivity index is 0.00000261. The van der Waals surface area contributed by atoms with Crippen LogP contribution in [-0.2, 0) is 13.1 Å². The molecule has 0 unspecified atom stereocenters. The minimum absolute atomic E-state index is 0. The molecule has 0 aliphatic carbocycles. The van der Waals surface area contributed by atoms with Crippen LogP contribution in [0.15, 0.2) is 41.5 Å². The first-order chi connectivity index (χ1) is 12.8. The van der Waals surface area contributed by atoms with Gasteiger partial charge in [-0.1, -0.05) is 12.1 Å². The van der Waals surface area contributed by atoms with Gasteiger partial charge in [0.05, 0.1) is 13.2 Å². The molecule has 0 spiro atoms. The van der Waals surface area contributed by atoms with Crippen molar-refractivity contribution in [3.8, 4) is 17.4 Å². The maximum Gasteiger partial charge on any atom is 0.231 e. The predicted molar refractivity (Wildman–Crippen MR) is 115 cm³/mol. The summed E-state index contributed by atoms with van der Waals surface area (Å²) < 4.78 is 16.3. The second kappa shape index (κ2) is 10.8. The Bertz CT molecular complexity index is 770. The number of benzene rings is 1. The predicted octanol–water partition coefficient (Wildman–Crippen LogP) is 3.08. The summed E-state index contributed by atoms with van der Waals surface area (Å²) in [5.41, 5.74) is 2.05. The number of hydrogen-bond donors (Lipinski definition) is 2. The Hall–Kier alpha value is -2.23. The third-order valence-electron chi connectivity index (χ3n) is 3.78. The van der Waals surface area contributed by atoms with Crippen LogP contribution < -0.4 is 24.8 Å². The lowest BCUT2D eigenvalue weighted by molar-refractivity contribution is 0.174. The van der Waals surface area contributed by atoms with Gasteiger partial charge in [-0.05, 0) is 37.6 Å². The smallest absolute Gasteiger partial charge is 0.231 e. The van der Waals surface area contributed by atoms with Crippen molar-refractivity contribution in [1.29, 1.82) is 0 Å². The van der Waals surface area contributed by atoms with E-state index in [0.29, 0.717) is 25.6 Å². The topological polar surface area (TPSA) is 77.0 Å². The number of nitrogens with one attached hydrogen (secondary N) is 2. The quantitative estimate of drug-likeness (QED) is 0.358. The summed E-state index contributed by atoms with van der Waals surface area (Å²) >= 11 is 0. The lowest BCUT2D eigenvalue weighted by atomic mass is 10.2. The van der Waals surface area contributed by atoms with Crippen LogP contribution in [0.5, 0.6) is 17.4 Å². The fraction of sp³-hybridized carbons (Fsp3) is 0.368. The van der Waals surface area contributed by atoms with Gasteiger partial charge in [0, 0.05) is 24.8 Å². The van der Waals surface area contributed by atoms with E-state index in [1.807, 2.05) is 44.2 Å². The fourth-order valence-electron chi connectivity index (χ4n) is 2.56. The van der Waals surface area contributed by atoms with Gasteiger partial charge in [-0.2, -0.15) is 0 Å². The number of halogens is 1. The molecule has 0 fully saturated rings. The fourth-order valence-corrected chi connectivity index (χ4v) is 2.56. The molecule has 0 bridgehead atoms. The molecule has 8 heteroatoms. The molecule has 1 aromatic heterocycles. The monoisotopic (exact) mass is 484 g/mol. The summed E-state index contributed by atoms with van der Waals surface area (Å²) in [7, 11) is 0. The Morgan fingerprint density at radius 2 is 2.04 bits per heavy atom. The average Bonchev–Trinajstić information content (AvgIpc) is 3.13. The number of nitrogens with zero attached hydrogens (tertiary/aromatic N) is 2. The molecule has 0 atom stereocenters. The molecule has 1 aliphatic heterocycles. The van der Waals surface area contributed by atoms with Crippen molar-refractivity contribution in [2.75, 3.05) is 19.9 Å². The van der Waals surface area contributed by atoms with Gasteiger partial charge >= 0.3 is 0 Å². The van der Waals surface area contributed by atoms with Gasteiger partial charge in [0.15, 0.2) is 17.5 Å². The first-order valence-corrected chi connectivity index (χ1v) is 8.77. The van der Waals surface area contributed by atoms with Crippen molar-refractivity contribution in [2.45, 2.75) is 26.9 Å². The SMILES string of the molecule is CCNC(=NCc1ccc2c(c1)OCO2)NCc1cccnc1OCC.I. The molecular weight excluding hydrogens is 459 g/mol. The number of aromatic nitrogens is 1. The Kier molecular flexibility index (Phi) is 8.43. The summed E-state index contributed by atoms with van der Waals surface area (Å²) in [5.74, 6) is 2.93. The van der Waals surface area contributed by atoms with Crippen molar-refractivity contribution in [3.05, 3.63) is 47.7 Å². The molecule has 1 aromatic carbocycles. The Morgan fingerprint density at radius 1 is 1.19 bits per heavy atom. The Morgan fingerprint density at radius 3 is 2.85 bits per heavy atom. The lowest BCUT2D eigenvalue weighted by Crippen LogP contribution is -2.36. The van der Waals surface area contributed by atoms with E-state index in [-0.39, 0.29) is 30.8 Å². The van der Waals surface area contributed by atoms with Crippen LogP contribution >= 0.6 is 24.0 Å². The normalized spacial score (nSPS) is 12.3. The second-order valence-corrected chi connectivity index (χ2v) is 5.64. The van der Waals surface area contributed by atoms with Gasteiger partial charge in [0.1, 0.15) is 0 Å². The van der Waals surface area contributed by atoms with Crippen LogP contribution in [-0.4, -0.2) is 30.9 Å². The summed E-state index contributed by atoms with van der Waals surface area (Å²) in [5, 5.41) is 6.57. The van der Waals surface area contributed by atoms with E-state index in [2.05, 4.69) is 20.6 Å². The first kappa shape index (κ1) is 21.1. The highest BCUT2D eigenvalue weighted by molar-refractivity contribution is 14.0. The number of rotatable bonds is 7. The van der Waals surface area contributed by atoms with E-state index in [9.17, 15) is 0 Å². The number of ether oxygens (including phenoxy) is 3. The molecule has 0 radical (unpaired) electrons. The summed E-state index contributed by atoms with van der Waals surface area (Å²) in [6, 6.07) is 9.76. The maximum atomic E-state index is 5.56. The van der Waals surface area contributed by atoms with E-state index in [4.69, 9.17) is 14.2 Å². The van der Waals surface area contributed by atoms with Crippen molar-refractivity contribution >= 4 is 29.9 Å². The maximum absolute atomic E-state index is 5.56. The summed E-state index contributed by atoms with van der Waals surface area (Å²) in [6.07, 6.45) is 1.73. The van der Waals surface area contributed by atoms with E-state index < -0.39 is 0 Å². The summed E-state index contributed by atoms with van der Waals surface area (Å²) in [6.45, 7) is 6.74. The number of guanidine groups is 1. The van der Waals surface area contributed by atoms with Crippen LogP contribution in [0, 0.1) is 0 Å². The molecule has 1 aliphatic rings. The molecule has 0 amide bonds. The zero-order chi connectivity index (χ0) is 18.2. The van der Waals surface area contributed by atoms with Crippen molar-refractivity contribution in [2.24, 2.45) is 4.99 Å². The minimum Gasteiger partial charge on any atom is -0.478 e. The van der Waals surface area contributed by atoms with Gasteiger partial charge < -0.3 is 24.8 Å². The van der Waals surface area contributed by atoms with Crippen molar-refractivity contribution in [1.82, 2.24) is 15.6 Å². The van der Waals surface area contributed by atoms with Gasteiger partial charge in [0.25, 0.3) is 0 Å². The molecule has 2 aromatic rings. The third kappa shape index (κ3) is 5.88. The largest absolute Gasteiger partial charge is 0.478 e. The van der Waals surface area contributed by atoms with E-state index in [0.717, 1.165) is 35.1 Å². The average molecular weight is 484 g/mol. The molecule has 3 rings (SSSR count). The third-order valence-corrected chi connectivity index (χ3v) is 3.78. The van der Waals surface area contributed by atoms with Gasteiger partial charge in [-0.3, -0.25) is 0 Å². The van der Waals surface area contributed by atoms with Gasteiger partial charge in [-0.25, -0.2) is 9.98 Å². The highest BCUT2D eigenvalue weighted by Gasteiger charge is 2.13. The highest BCUT2D eigenvalue weighted by Crippen LogP contribution is 2.32.